The van der Waals surface area contributed by atoms with Crippen molar-refractivity contribution >= 4 is 5.78 Å². The van der Waals surface area contributed by atoms with Crippen molar-refractivity contribution in [1.29, 1.82) is 0 Å². The summed E-state index contributed by atoms with van der Waals surface area (Å²) >= 11 is 0. The van der Waals surface area contributed by atoms with Crippen molar-refractivity contribution in [2.45, 2.75) is 12.3 Å². The number of allylic oxidation sites excluding steroid dienone is 2. The van der Waals surface area contributed by atoms with Gasteiger partial charge in [0.05, 0.1) is 0 Å². The van der Waals surface area contributed by atoms with E-state index in [0.717, 1.165) is 11.1 Å². The van der Waals surface area contributed by atoms with Gasteiger partial charge in [-0.3, -0.25) is 4.79 Å². The molecule has 0 saturated heterocycles. The Kier molecular flexibility index (Phi) is 4.72. The van der Waals surface area contributed by atoms with Gasteiger partial charge in [0.2, 0.25) is 0 Å². The number of ketones is 1. The highest BCUT2D eigenvalue weighted by molar-refractivity contribution is 6.04. The van der Waals surface area contributed by atoms with Crippen molar-refractivity contribution in [3.63, 3.8) is 0 Å². The van der Waals surface area contributed by atoms with Crippen LogP contribution in [0, 0.1) is 0 Å². The highest BCUT2D eigenvalue weighted by atomic mass is 16.1. The maximum absolute atomic E-state index is 12.5. The van der Waals surface area contributed by atoms with Gasteiger partial charge in [0.25, 0.3) is 0 Å². The van der Waals surface area contributed by atoms with Gasteiger partial charge in [-0.05, 0) is 24.1 Å². The average Bonchev–Trinajstić information content (AvgIpc) is 2.68. The van der Waals surface area contributed by atoms with Crippen molar-refractivity contribution in [3.8, 4) is 0 Å². The summed E-state index contributed by atoms with van der Waals surface area (Å²) in [6.07, 6.45) is 3.70. The van der Waals surface area contributed by atoms with E-state index in [-0.39, 0.29) is 11.2 Å². The quantitative estimate of drug-likeness (QED) is 0.453. The first-order chi connectivity index (χ1) is 11.7. The van der Waals surface area contributed by atoms with Crippen LogP contribution in [-0.2, 0) is 5.41 Å². The van der Waals surface area contributed by atoms with Crippen molar-refractivity contribution < 1.29 is 4.79 Å². The van der Waals surface area contributed by atoms with E-state index in [0.29, 0.717) is 5.56 Å². The Morgan fingerprint density at radius 3 is 1.58 bits per heavy atom. The molecule has 3 rings (SSSR count). The Bertz CT molecular complexity index is 778. The maximum atomic E-state index is 12.5. The first-order valence-corrected chi connectivity index (χ1v) is 8.10. The Labute approximate surface area is 143 Å². The molecule has 24 heavy (non-hydrogen) atoms. The van der Waals surface area contributed by atoms with Crippen LogP contribution in [0.5, 0.6) is 0 Å². The fourth-order valence-electron chi connectivity index (χ4n) is 2.87. The minimum atomic E-state index is -0.354. The molecule has 0 aliphatic carbocycles. The fraction of sp³-hybridized carbons (Fsp3) is 0.0870. The number of carbonyl (C=O) groups excluding carboxylic acids is 1. The SMILES string of the molecule is CC(/C=C/C(=O)c1ccccc1)(c1ccccc1)c1ccccc1. The van der Waals surface area contributed by atoms with Gasteiger partial charge in [-0.25, -0.2) is 0 Å². The molecule has 0 bridgehead atoms. The fourth-order valence-corrected chi connectivity index (χ4v) is 2.87. The normalized spacial score (nSPS) is 11.5. The summed E-state index contributed by atoms with van der Waals surface area (Å²) in [6, 6.07) is 29.9. The number of benzene rings is 3. The lowest BCUT2D eigenvalue weighted by atomic mass is 9.76. The highest BCUT2D eigenvalue weighted by Gasteiger charge is 2.25. The summed E-state index contributed by atoms with van der Waals surface area (Å²) in [5.41, 5.74) is 2.67. The van der Waals surface area contributed by atoms with Crippen LogP contribution in [0.4, 0.5) is 0 Å². The van der Waals surface area contributed by atoms with E-state index in [4.69, 9.17) is 0 Å². The van der Waals surface area contributed by atoms with Crippen molar-refractivity contribution in [3.05, 3.63) is 120 Å². The molecule has 0 aliphatic rings. The summed E-state index contributed by atoms with van der Waals surface area (Å²) in [4.78, 5) is 12.5. The van der Waals surface area contributed by atoms with E-state index < -0.39 is 0 Å². The van der Waals surface area contributed by atoms with E-state index >= 15 is 0 Å². The van der Waals surface area contributed by atoms with Crippen molar-refractivity contribution in [2.24, 2.45) is 0 Å². The zero-order valence-electron chi connectivity index (χ0n) is 13.7. The lowest BCUT2D eigenvalue weighted by Crippen LogP contribution is -2.21. The molecule has 3 aromatic rings. The lowest BCUT2D eigenvalue weighted by molar-refractivity contribution is 0.104. The monoisotopic (exact) mass is 312 g/mol. The van der Waals surface area contributed by atoms with Crippen molar-refractivity contribution in [1.82, 2.24) is 0 Å². The topological polar surface area (TPSA) is 17.1 Å². The molecule has 0 amide bonds. The highest BCUT2D eigenvalue weighted by Crippen LogP contribution is 2.33. The van der Waals surface area contributed by atoms with Gasteiger partial charge in [-0.15, -0.1) is 0 Å². The number of rotatable bonds is 5. The number of carbonyl (C=O) groups is 1. The van der Waals surface area contributed by atoms with Crippen molar-refractivity contribution in [2.75, 3.05) is 0 Å². The van der Waals surface area contributed by atoms with Gasteiger partial charge in [-0.2, -0.15) is 0 Å². The summed E-state index contributed by atoms with van der Waals surface area (Å²) in [6.45, 7) is 2.15. The first kappa shape index (κ1) is 15.9. The molecule has 0 spiro atoms. The second-order valence-corrected chi connectivity index (χ2v) is 6.00. The van der Waals surface area contributed by atoms with E-state index in [9.17, 15) is 4.79 Å². The predicted molar refractivity (Wildman–Crippen MR) is 99.3 cm³/mol. The number of hydrogen-bond acceptors (Lipinski definition) is 1. The van der Waals surface area contributed by atoms with Crippen LogP contribution in [0.2, 0.25) is 0 Å². The standard InChI is InChI=1S/C23H20O/c1-23(20-13-7-3-8-14-20,21-15-9-4-10-16-21)18-17-22(24)19-11-5-2-6-12-19/h2-18H,1H3/b18-17+. The van der Waals surface area contributed by atoms with Gasteiger partial charge in [0.1, 0.15) is 0 Å². The zero-order valence-corrected chi connectivity index (χ0v) is 13.7. The van der Waals surface area contributed by atoms with Crippen LogP contribution in [0.15, 0.2) is 103 Å². The molecule has 3 aromatic carbocycles. The van der Waals surface area contributed by atoms with E-state index in [2.05, 4.69) is 31.2 Å². The molecule has 0 heterocycles. The zero-order chi connectivity index (χ0) is 16.8. The molecule has 0 aromatic heterocycles. The Balaban J connectivity index is 2.00. The van der Waals surface area contributed by atoms with Crippen LogP contribution in [0.3, 0.4) is 0 Å². The summed E-state index contributed by atoms with van der Waals surface area (Å²) < 4.78 is 0. The lowest BCUT2D eigenvalue weighted by Gasteiger charge is -2.27. The molecule has 0 radical (unpaired) electrons. The predicted octanol–water partition coefficient (Wildman–Crippen LogP) is 5.43. The minimum Gasteiger partial charge on any atom is -0.289 e. The molecule has 0 aliphatic heterocycles. The van der Waals surface area contributed by atoms with E-state index in [1.165, 1.54) is 0 Å². The Morgan fingerprint density at radius 1 is 0.708 bits per heavy atom. The maximum Gasteiger partial charge on any atom is 0.185 e. The molecule has 0 fully saturated rings. The molecule has 0 atom stereocenters. The molecule has 0 N–H and O–H groups in total. The van der Waals surface area contributed by atoms with Crippen LogP contribution >= 0.6 is 0 Å². The van der Waals surface area contributed by atoms with Crippen LogP contribution in [0.1, 0.15) is 28.4 Å². The third-order valence-corrected chi connectivity index (χ3v) is 4.37. The van der Waals surface area contributed by atoms with E-state index in [1.54, 1.807) is 6.08 Å². The Hall–Kier alpha value is -2.93. The van der Waals surface area contributed by atoms with Gasteiger partial charge < -0.3 is 0 Å². The molecular weight excluding hydrogens is 292 g/mol. The first-order valence-electron chi connectivity index (χ1n) is 8.10. The minimum absolute atomic E-state index is 0.0219. The summed E-state index contributed by atoms with van der Waals surface area (Å²) in [7, 11) is 0. The molecule has 1 nitrogen and oxygen atoms in total. The third kappa shape index (κ3) is 3.36. The van der Waals surface area contributed by atoms with E-state index in [1.807, 2.05) is 72.8 Å². The van der Waals surface area contributed by atoms with Crippen LogP contribution < -0.4 is 0 Å². The summed E-state index contributed by atoms with van der Waals surface area (Å²) in [5, 5.41) is 0. The number of hydrogen-bond donors (Lipinski definition) is 0. The molecular formula is C23H20O. The average molecular weight is 312 g/mol. The van der Waals surface area contributed by atoms with Gasteiger partial charge in [0.15, 0.2) is 5.78 Å². The summed E-state index contributed by atoms with van der Waals surface area (Å²) in [5.74, 6) is 0.0219. The Morgan fingerprint density at radius 2 is 1.12 bits per heavy atom. The smallest absolute Gasteiger partial charge is 0.185 e. The van der Waals surface area contributed by atoms with Gasteiger partial charge in [-0.1, -0.05) is 97.1 Å². The van der Waals surface area contributed by atoms with Gasteiger partial charge >= 0.3 is 0 Å². The van der Waals surface area contributed by atoms with Crippen LogP contribution in [0.25, 0.3) is 0 Å². The molecule has 118 valence electrons. The molecule has 1 heteroatoms. The molecule has 0 unspecified atom stereocenters. The second-order valence-electron chi connectivity index (χ2n) is 6.00. The molecule has 0 saturated carbocycles. The third-order valence-electron chi connectivity index (χ3n) is 4.37. The van der Waals surface area contributed by atoms with Gasteiger partial charge in [0, 0.05) is 11.0 Å². The van der Waals surface area contributed by atoms with Crippen LogP contribution in [-0.4, -0.2) is 5.78 Å². The second kappa shape index (κ2) is 7.10. The largest absolute Gasteiger partial charge is 0.289 e.